The van der Waals surface area contributed by atoms with Crippen LogP contribution in [0.5, 0.6) is 5.75 Å². The van der Waals surface area contributed by atoms with E-state index in [9.17, 15) is 4.79 Å². The minimum absolute atomic E-state index is 0.148. The molecule has 3 aromatic rings. The minimum Gasteiger partial charge on any atom is -0.471 e. The molecule has 0 saturated carbocycles. The molecule has 0 atom stereocenters. The molecular weight excluding hydrogens is 378 g/mol. The Hall–Kier alpha value is -2.80. The Bertz CT molecular complexity index is 979. The number of carbonyl (C=O) groups excluding carboxylic acids is 1. The van der Waals surface area contributed by atoms with E-state index in [4.69, 9.17) is 16.3 Å². The number of hydrogen-bond acceptors (Lipinski definition) is 4. The lowest BCUT2D eigenvalue weighted by molar-refractivity contribution is 0.0777. The largest absolute Gasteiger partial charge is 0.471 e. The molecule has 7 nitrogen and oxygen atoms in total. The first-order valence-electron chi connectivity index (χ1n) is 9.08. The maximum atomic E-state index is 12.7. The molecule has 8 heteroatoms. The van der Waals surface area contributed by atoms with Crippen LogP contribution in [-0.2, 0) is 19.8 Å². The lowest BCUT2D eigenvalue weighted by Crippen LogP contribution is -2.27. The third kappa shape index (κ3) is 4.36. The van der Waals surface area contributed by atoms with E-state index in [1.54, 1.807) is 35.0 Å². The third-order valence-electron chi connectivity index (χ3n) is 4.61. The molecule has 0 spiro atoms. The quantitative estimate of drug-likeness (QED) is 0.605. The number of amides is 1. The van der Waals surface area contributed by atoms with Crippen LogP contribution in [0.15, 0.2) is 36.7 Å². The Kier molecular flexibility index (Phi) is 6.04. The lowest BCUT2D eigenvalue weighted by Gasteiger charge is -2.15. The van der Waals surface area contributed by atoms with Gasteiger partial charge in [-0.05, 0) is 50.6 Å². The van der Waals surface area contributed by atoms with E-state index < -0.39 is 0 Å². The van der Waals surface area contributed by atoms with E-state index in [1.165, 1.54) is 0 Å². The molecule has 0 saturated heterocycles. The summed E-state index contributed by atoms with van der Waals surface area (Å²) in [5.41, 5.74) is 3.41. The van der Waals surface area contributed by atoms with Crippen LogP contribution < -0.4 is 4.74 Å². The maximum absolute atomic E-state index is 12.7. The molecule has 3 rings (SSSR count). The molecule has 0 unspecified atom stereocenters. The number of nitrogens with zero attached hydrogens (tertiary/aromatic N) is 5. The number of ether oxygens (including phenoxy) is 1. The Morgan fingerprint density at radius 3 is 2.75 bits per heavy atom. The highest BCUT2D eigenvalue weighted by atomic mass is 35.5. The van der Waals surface area contributed by atoms with Crippen molar-refractivity contribution in [2.45, 2.75) is 40.6 Å². The van der Waals surface area contributed by atoms with Crippen LogP contribution in [0.2, 0.25) is 5.02 Å². The van der Waals surface area contributed by atoms with Crippen molar-refractivity contribution in [3.8, 4) is 5.75 Å². The van der Waals surface area contributed by atoms with Crippen LogP contribution in [0.25, 0.3) is 0 Å². The zero-order valence-corrected chi connectivity index (χ0v) is 17.3. The summed E-state index contributed by atoms with van der Waals surface area (Å²) in [7, 11) is 1.76. The van der Waals surface area contributed by atoms with E-state index in [2.05, 4.69) is 10.2 Å². The molecular formula is C20H24ClN5O2. The van der Waals surface area contributed by atoms with E-state index >= 15 is 0 Å². The molecule has 2 heterocycles. The zero-order valence-electron chi connectivity index (χ0n) is 16.5. The second kappa shape index (κ2) is 8.48. The number of carbonyl (C=O) groups is 1. The van der Waals surface area contributed by atoms with Crippen LogP contribution >= 0.6 is 11.6 Å². The molecule has 28 heavy (non-hydrogen) atoms. The molecule has 0 bridgehead atoms. The summed E-state index contributed by atoms with van der Waals surface area (Å²) in [6, 6.07) is 7.13. The summed E-state index contributed by atoms with van der Waals surface area (Å²) in [5.74, 6) is 0.582. The molecule has 0 N–H and O–H groups in total. The standard InChI is InChI=1S/C20H24ClN5O2/c1-5-26-15(3)16(11-22-26)12-24(4)20(27)18-8-9-25(23-18)13-28-19-7-6-17(21)10-14(19)2/h6-11H,5,12-13H2,1-4H3. The highest BCUT2D eigenvalue weighted by Crippen LogP contribution is 2.22. The Morgan fingerprint density at radius 2 is 2.07 bits per heavy atom. The number of hydrogen-bond donors (Lipinski definition) is 0. The predicted molar refractivity (Wildman–Crippen MR) is 107 cm³/mol. The number of rotatable bonds is 7. The van der Waals surface area contributed by atoms with Gasteiger partial charge in [-0.25, -0.2) is 4.68 Å². The summed E-state index contributed by atoms with van der Waals surface area (Å²) < 4.78 is 9.27. The van der Waals surface area contributed by atoms with Gasteiger partial charge >= 0.3 is 0 Å². The van der Waals surface area contributed by atoms with Gasteiger partial charge in [0.15, 0.2) is 12.4 Å². The van der Waals surface area contributed by atoms with Crippen molar-refractivity contribution in [3.05, 3.63) is 64.2 Å². The average molecular weight is 402 g/mol. The van der Waals surface area contributed by atoms with Gasteiger partial charge in [0.2, 0.25) is 0 Å². The van der Waals surface area contributed by atoms with Crippen molar-refractivity contribution in [3.63, 3.8) is 0 Å². The van der Waals surface area contributed by atoms with Crippen molar-refractivity contribution >= 4 is 17.5 Å². The van der Waals surface area contributed by atoms with Crippen molar-refractivity contribution < 1.29 is 9.53 Å². The van der Waals surface area contributed by atoms with Gasteiger partial charge in [0.05, 0.1) is 6.20 Å². The molecule has 0 aliphatic heterocycles. The highest BCUT2D eigenvalue weighted by molar-refractivity contribution is 6.30. The normalized spacial score (nSPS) is 10.9. The number of aryl methyl sites for hydroxylation is 2. The van der Waals surface area contributed by atoms with Gasteiger partial charge in [-0.3, -0.25) is 9.48 Å². The van der Waals surface area contributed by atoms with E-state index in [1.807, 2.05) is 43.8 Å². The maximum Gasteiger partial charge on any atom is 0.274 e. The second-order valence-electron chi connectivity index (χ2n) is 6.66. The highest BCUT2D eigenvalue weighted by Gasteiger charge is 2.17. The van der Waals surface area contributed by atoms with Crippen LogP contribution in [0.3, 0.4) is 0 Å². The van der Waals surface area contributed by atoms with Crippen LogP contribution in [0, 0.1) is 13.8 Å². The predicted octanol–water partition coefficient (Wildman–Crippen LogP) is 3.68. The summed E-state index contributed by atoms with van der Waals surface area (Å²) in [6.07, 6.45) is 3.54. The summed E-state index contributed by atoms with van der Waals surface area (Å²) in [4.78, 5) is 14.3. The summed E-state index contributed by atoms with van der Waals surface area (Å²) in [5, 5.41) is 9.32. The first-order valence-corrected chi connectivity index (χ1v) is 9.46. The Balaban J connectivity index is 1.62. The first-order chi connectivity index (χ1) is 13.4. The van der Waals surface area contributed by atoms with Gasteiger partial charge in [-0.2, -0.15) is 10.2 Å². The Morgan fingerprint density at radius 1 is 1.29 bits per heavy atom. The monoisotopic (exact) mass is 401 g/mol. The summed E-state index contributed by atoms with van der Waals surface area (Å²) >= 11 is 5.96. The SMILES string of the molecule is CCn1ncc(CN(C)C(=O)c2ccn(COc3ccc(Cl)cc3C)n2)c1C. The van der Waals surface area contributed by atoms with Crippen LogP contribution in [0.1, 0.15) is 34.2 Å². The molecule has 0 radical (unpaired) electrons. The summed E-state index contributed by atoms with van der Waals surface area (Å²) in [6.45, 7) is 7.48. The van der Waals surface area contributed by atoms with Crippen molar-refractivity contribution in [2.75, 3.05) is 7.05 Å². The smallest absolute Gasteiger partial charge is 0.274 e. The average Bonchev–Trinajstić information content (AvgIpc) is 3.27. The Labute approximate surface area is 169 Å². The molecule has 148 valence electrons. The van der Waals surface area contributed by atoms with E-state index in [0.717, 1.165) is 29.1 Å². The third-order valence-corrected chi connectivity index (χ3v) is 4.84. The van der Waals surface area contributed by atoms with Gasteiger partial charge < -0.3 is 9.64 Å². The van der Waals surface area contributed by atoms with Crippen molar-refractivity contribution in [1.29, 1.82) is 0 Å². The molecule has 1 amide bonds. The second-order valence-corrected chi connectivity index (χ2v) is 7.09. The van der Waals surface area contributed by atoms with Gasteiger partial charge in [-0.1, -0.05) is 11.6 Å². The zero-order chi connectivity index (χ0) is 20.3. The fourth-order valence-corrected chi connectivity index (χ4v) is 3.17. The van der Waals surface area contributed by atoms with Gasteiger partial charge in [-0.15, -0.1) is 0 Å². The van der Waals surface area contributed by atoms with Crippen molar-refractivity contribution in [1.82, 2.24) is 24.5 Å². The van der Waals surface area contributed by atoms with E-state index in [-0.39, 0.29) is 12.6 Å². The molecule has 1 aromatic carbocycles. The molecule has 0 aliphatic carbocycles. The van der Waals surface area contributed by atoms with Gasteiger partial charge in [0.25, 0.3) is 5.91 Å². The topological polar surface area (TPSA) is 65.2 Å². The number of benzene rings is 1. The van der Waals surface area contributed by atoms with Crippen LogP contribution in [-0.4, -0.2) is 37.4 Å². The molecule has 0 fully saturated rings. The molecule has 0 aliphatic rings. The fourth-order valence-electron chi connectivity index (χ4n) is 2.94. The number of aromatic nitrogens is 4. The van der Waals surface area contributed by atoms with Gasteiger partial charge in [0.1, 0.15) is 5.75 Å². The fraction of sp³-hybridized carbons (Fsp3) is 0.350. The first kappa shape index (κ1) is 19.9. The lowest BCUT2D eigenvalue weighted by atomic mass is 10.2. The van der Waals surface area contributed by atoms with Crippen LogP contribution in [0.4, 0.5) is 0 Å². The minimum atomic E-state index is -0.148. The van der Waals surface area contributed by atoms with E-state index in [0.29, 0.717) is 17.3 Å². The molecule has 2 aromatic heterocycles. The number of halogens is 1. The van der Waals surface area contributed by atoms with Gasteiger partial charge in [0, 0.05) is 42.6 Å². The van der Waals surface area contributed by atoms with Crippen molar-refractivity contribution in [2.24, 2.45) is 0 Å².